The van der Waals surface area contributed by atoms with Crippen LogP contribution in [0.5, 0.6) is 0 Å². The number of sulfone groups is 1. The third kappa shape index (κ3) is 8.14. The molecule has 158 valence electrons. The molecule has 0 unspecified atom stereocenters. The summed E-state index contributed by atoms with van der Waals surface area (Å²) >= 11 is 1.26. The number of hydrogen-bond donors (Lipinski definition) is 1. The lowest BCUT2D eigenvalue weighted by molar-refractivity contribution is 0.0688. The number of ether oxygens (including phenoxy) is 2. The summed E-state index contributed by atoms with van der Waals surface area (Å²) in [4.78, 5) is 17.0. The van der Waals surface area contributed by atoms with Crippen LogP contribution in [0.1, 0.15) is 16.8 Å². The summed E-state index contributed by atoms with van der Waals surface area (Å²) in [5.74, 6) is 0.0448. The van der Waals surface area contributed by atoms with Gasteiger partial charge < -0.3 is 14.8 Å². The average molecular weight is 439 g/mol. The Labute approximate surface area is 176 Å². The van der Waals surface area contributed by atoms with Crippen molar-refractivity contribution >= 4 is 27.5 Å². The number of aromatic nitrogens is 1. The van der Waals surface area contributed by atoms with Gasteiger partial charge in [-0.2, -0.15) is 0 Å². The van der Waals surface area contributed by atoms with Gasteiger partial charge in [0.15, 0.2) is 9.84 Å². The number of pyridine rings is 1. The summed E-state index contributed by atoms with van der Waals surface area (Å²) in [6.45, 7) is 2.09. The Kier molecular flexibility index (Phi) is 10.1. The van der Waals surface area contributed by atoms with Gasteiger partial charge in [0.1, 0.15) is 5.03 Å². The molecule has 1 heterocycles. The minimum absolute atomic E-state index is 0.0296. The van der Waals surface area contributed by atoms with Gasteiger partial charge in [0.2, 0.25) is 0 Å². The molecule has 1 N–H and O–H groups in total. The molecule has 0 saturated heterocycles. The van der Waals surface area contributed by atoms with Crippen LogP contribution in [0, 0.1) is 0 Å². The fraction of sp³-hybridized carbons (Fsp3) is 0.400. The first-order valence-electron chi connectivity index (χ1n) is 9.25. The Morgan fingerprint density at radius 1 is 1.10 bits per heavy atom. The molecule has 0 atom stereocenters. The zero-order chi connectivity index (χ0) is 21.0. The van der Waals surface area contributed by atoms with Crippen LogP contribution in [0.3, 0.4) is 0 Å². The van der Waals surface area contributed by atoms with E-state index < -0.39 is 9.84 Å². The van der Waals surface area contributed by atoms with E-state index in [1.807, 2.05) is 0 Å². The molecular weight excluding hydrogens is 412 g/mol. The zero-order valence-corrected chi connectivity index (χ0v) is 18.0. The van der Waals surface area contributed by atoms with Crippen molar-refractivity contribution in [1.29, 1.82) is 0 Å². The lowest BCUT2D eigenvalue weighted by atomic mass is 10.2. The molecule has 0 saturated carbocycles. The molecule has 7 nitrogen and oxygen atoms in total. The molecule has 0 bridgehead atoms. The van der Waals surface area contributed by atoms with E-state index in [-0.39, 0.29) is 11.7 Å². The summed E-state index contributed by atoms with van der Waals surface area (Å²) in [6, 6.07) is 11.7. The topological polar surface area (TPSA) is 94.6 Å². The molecule has 0 aliphatic heterocycles. The quantitative estimate of drug-likeness (QED) is 0.379. The van der Waals surface area contributed by atoms with Crippen LogP contribution in [0.2, 0.25) is 0 Å². The molecule has 0 aliphatic rings. The number of nitrogens with zero attached hydrogens (tertiary/aromatic N) is 1. The van der Waals surface area contributed by atoms with Gasteiger partial charge >= 0.3 is 0 Å². The predicted molar refractivity (Wildman–Crippen MR) is 113 cm³/mol. The van der Waals surface area contributed by atoms with Crippen molar-refractivity contribution in [3.8, 4) is 0 Å². The second-order valence-corrected chi connectivity index (χ2v) is 9.24. The van der Waals surface area contributed by atoms with E-state index in [9.17, 15) is 13.2 Å². The van der Waals surface area contributed by atoms with Gasteiger partial charge in [0.05, 0.1) is 29.4 Å². The second kappa shape index (κ2) is 12.6. The van der Waals surface area contributed by atoms with E-state index in [0.29, 0.717) is 54.0 Å². The van der Waals surface area contributed by atoms with Gasteiger partial charge in [0, 0.05) is 32.2 Å². The number of rotatable bonds is 13. The maximum absolute atomic E-state index is 12.4. The smallest absolute Gasteiger partial charge is 0.254 e. The summed E-state index contributed by atoms with van der Waals surface area (Å²) in [7, 11) is -1.75. The summed E-state index contributed by atoms with van der Waals surface area (Å²) in [6.07, 6.45) is 2.28. The first-order chi connectivity index (χ1) is 14.0. The second-order valence-electron chi connectivity index (χ2n) is 6.05. The Bertz CT molecular complexity index is 860. The van der Waals surface area contributed by atoms with E-state index in [1.165, 1.54) is 11.8 Å². The number of carbonyl (C=O) groups is 1. The fourth-order valence-electron chi connectivity index (χ4n) is 2.39. The minimum atomic E-state index is -3.36. The number of methoxy groups -OCH3 is 1. The number of thioether (sulfide) groups is 1. The molecule has 1 aromatic heterocycles. The lowest BCUT2D eigenvalue weighted by Crippen LogP contribution is -2.26. The molecule has 29 heavy (non-hydrogen) atoms. The van der Waals surface area contributed by atoms with Gasteiger partial charge in [-0.3, -0.25) is 4.79 Å². The average Bonchev–Trinajstić information content (AvgIpc) is 2.74. The molecule has 1 amide bonds. The molecule has 0 radical (unpaired) electrons. The highest BCUT2D eigenvalue weighted by Gasteiger charge is 2.16. The van der Waals surface area contributed by atoms with Crippen molar-refractivity contribution in [3.63, 3.8) is 0 Å². The molecule has 2 rings (SSSR count). The Morgan fingerprint density at radius 2 is 1.90 bits per heavy atom. The normalized spacial score (nSPS) is 11.3. The summed E-state index contributed by atoms with van der Waals surface area (Å²) in [5.41, 5.74) is 0.440. The van der Waals surface area contributed by atoms with Crippen molar-refractivity contribution in [1.82, 2.24) is 10.3 Å². The molecule has 2 aromatic rings. The van der Waals surface area contributed by atoms with E-state index in [1.54, 1.807) is 55.8 Å². The molecule has 0 spiro atoms. The van der Waals surface area contributed by atoms with Crippen molar-refractivity contribution < 1.29 is 22.7 Å². The molecule has 0 fully saturated rings. The van der Waals surface area contributed by atoms with Crippen LogP contribution in [0.4, 0.5) is 0 Å². The maximum atomic E-state index is 12.4. The minimum Gasteiger partial charge on any atom is -0.382 e. The lowest BCUT2D eigenvalue weighted by Gasteiger charge is -2.10. The molecular formula is C20H26N2O5S2. The third-order valence-corrected chi connectivity index (χ3v) is 6.89. The first kappa shape index (κ1) is 23.3. The van der Waals surface area contributed by atoms with Gasteiger partial charge in [-0.1, -0.05) is 18.2 Å². The van der Waals surface area contributed by atoms with Gasteiger partial charge in [-0.25, -0.2) is 13.4 Å². The summed E-state index contributed by atoms with van der Waals surface area (Å²) in [5, 5.41) is 3.36. The maximum Gasteiger partial charge on any atom is 0.254 e. The fourth-order valence-corrected chi connectivity index (χ4v) is 5.05. The number of nitrogens with one attached hydrogen (secondary N) is 1. The number of carbonyl (C=O) groups excluding carboxylic acids is 1. The van der Waals surface area contributed by atoms with Gasteiger partial charge in [-0.05, 0) is 30.7 Å². The Morgan fingerprint density at radius 3 is 2.66 bits per heavy atom. The van der Waals surface area contributed by atoms with Crippen molar-refractivity contribution in [2.24, 2.45) is 0 Å². The van der Waals surface area contributed by atoms with E-state index in [0.717, 1.165) is 0 Å². The SMILES string of the molecule is COCCOCCCNC(=O)c1cccnc1SCCS(=O)(=O)c1ccccc1. The Balaban J connectivity index is 1.83. The predicted octanol–water partition coefficient (Wildman–Crippen LogP) is 2.43. The monoisotopic (exact) mass is 438 g/mol. The van der Waals surface area contributed by atoms with Gasteiger partial charge in [-0.15, -0.1) is 11.8 Å². The number of hydrogen-bond acceptors (Lipinski definition) is 7. The molecule has 1 aromatic carbocycles. The largest absolute Gasteiger partial charge is 0.382 e. The number of amides is 1. The van der Waals surface area contributed by atoms with Crippen LogP contribution in [-0.2, 0) is 19.3 Å². The van der Waals surface area contributed by atoms with E-state index >= 15 is 0 Å². The van der Waals surface area contributed by atoms with E-state index in [2.05, 4.69) is 10.3 Å². The van der Waals surface area contributed by atoms with Crippen LogP contribution >= 0.6 is 11.8 Å². The number of benzene rings is 1. The van der Waals surface area contributed by atoms with Gasteiger partial charge in [0.25, 0.3) is 5.91 Å². The molecule has 0 aliphatic carbocycles. The standard InChI is InChI=1S/C20H26N2O5S2/c1-26-13-14-27-12-6-11-21-19(23)18-9-5-10-22-20(18)28-15-16-29(24,25)17-7-3-2-4-8-17/h2-5,7-10H,6,11-16H2,1H3,(H,21,23). The van der Waals surface area contributed by atoms with Crippen LogP contribution in [-0.4, -0.2) is 64.3 Å². The van der Waals surface area contributed by atoms with Crippen LogP contribution in [0.25, 0.3) is 0 Å². The van der Waals surface area contributed by atoms with Crippen molar-refractivity contribution in [2.45, 2.75) is 16.3 Å². The highest BCUT2D eigenvalue weighted by Crippen LogP contribution is 2.21. The molecule has 9 heteroatoms. The zero-order valence-electron chi connectivity index (χ0n) is 16.4. The third-order valence-electron chi connectivity index (χ3n) is 3.89. The summed E-state index contributed by atoms with van der Waals surface area (Å²) < 4.78 is 35.0. The van der Waals surface area contributed by atoms with Crippen molar-refractivity contribution in [2.75, 3.05) is 45.0 Å². The van der Waals surface area contributed by atoms with Crippen LogP contribution < -0.4 is 5.32 Å². The van der Waals surface area contributed by atoms with E-state index in [4.69, 9.17) is 9.47 Å². The van der Waals surface area contributed by atoms with Crippen molar-refractivity contribution in [3.05, 3.63) is 54.2 Å². The first-order valence-corrected chi connectivity index (χ1v) is 11.9. The van der Waals surface area contributed by atoms with Crippen LogP contribution in [0.15, 0.2) is 58.6 Å². The highest BCUT2D eigenvalue weighted by atomic mass is 32.2. The Hall–Kier alpha value is -1.94. The highest BCUT2D eigenvalue weighted by molar-refractivity contribution is 8.00.